The second kappa shape index (κ2) is 4.90. The zero-order valence-electron chi connectivity index (χ0n) is 11.3. The van der Waals surface area contributed by atoms with E-state index in [-0.39, 0.29) is 23.8 Å². The molecule has 1 aromatic heterocycles. The van der Waals surface area contributed by atoms with Gasteiger partial charge >= 0.3 is 0 Å². The van der Waals surface area contributed by atoms with Crippen molar-refractivity contribution in [3.8, 4) is 0 Å². The number of nitrogens with one attached hydrogen (secondary N) is 1. The van der Waals surface area contributed by atoms with Crippen LogP contribution in [0.5, 0.6) is 0 Å². The highest BCUT2D eigenvalue weighted by molar-refractivity contribution is 7.89. The molecule has 0 aliphatic carbocycles. The maximum atomic E-state index is 14.0. The van der Waals surface area contributed by atoms with Gasteiger partial charge in [-0.1, -0.05) is 18.2 Å². The SMILES string of the molecule is Cn1ccc(S(=O)(=O)NC2(c3ccccc3F)COC2)n1. The Balaban J connectivity index is 1.97. The molecule has 2 heterocycles. The van der Waals surface area contributed by atoms with Gasteiger partial charge in [-0.2, -0.15) is 9.82 Å². The Hall–Kier alpha value is -1.77. The topological polar surface area (TPSA) is 73.2 Å². The van der Waals surface area contributed by atoms with E-state index in [1.165, 1.54) is 23.0 Å². The van der Waals surface area contributed by atoms with Crippen molar-refractivity contribution in [2.24, 2.45) is 7.05 Å². The van der Waals surface area contributed by atoms with Crippen molar-refractivity contribution in [2.75, 3.05) is 13.2 Å². The number of benzene rings is 1. The molecular weight excluding hydrogens is 297 g/mol. The third-order valence-electron chi connectivity index (χ3n) is 3.38. The first kappa shape index (κ1) is 14.2. The van der Waals surface area contributed by atoms with E-state index in [0.717, 1.165) is 0 Å². The van der Waals surface area contributed by atoms with Crippen molar-refractivity contribution in [1.29, 1.82) is 0 Å². The smallest absolute Gasteiger partial charge is 0.260 e. The van der Waals surface area contributed by atoms with Gasteiger partial charge in [0.1, 0.15) is 11.4 Å². The van der Waals surface area contributed by atoms with Crippen LogP contribution < -0.4 is 4.72 Å². The van der Waals surface area contributed by atoms with Crippen molar-refractivity contribution in [3.63, 3.8) is 0 Å². The van der Waals surface area contributed by atoms with E-state index in [9.17, 15) is 12.8 Å². The molecule has 1 aromatic carbocycles. The van der Waals surface area contributed by atoms with E-state index < -0.39 is 21.4 Å². The van der Waals surface area contributed by atoms with Crippen LogP contribution in [0, 0.1) is 5.82 Å². The standard InChI is InChI=1S/C13H14FN3O3S/c1-17-7-6-12(15-17)21(18,19)16-13(8-20-9-13)10-4-2-3-5-11(10)14/h2-7,16H,8-9H2,1H3. The summed E-state index contributed by atoms with van der Waals surface area (Å²) in [4.78, 5) is 0. The van der Waals surface area contributed by atoms with Gasteiger partial charge in [-0.05, 0) is 12.1 Å². The number of aryl methyl sites for hydroxylation is 1. The predicted molar refractivity (Wildman–Crippen MR) is 72.4 cm³/mol. The molecule has 2 aromatic rings. The fourth-order valence-corrected chi connectivity index (χ4v) is 3.59. The van der Waals surface area contributed by atoms with Gasteiger partial charge in [0.25, 0.3) is 10.0 Å². The minimum atomic E-state index is -3.85. The van der Waals surface area contributed by atoms with E-state index in [1.54, 1.807) is 25.2 Å². The number of aromatic nitrogens is 2. The average Bonchev–Trinajstić information content (AvgIpc) is 2.83. The molecule has 1 aliphatic rings. The fraction of sp³-hybridized carbons (Fsp3) is 0.308. The van der Waals surface area contributed by atoms with Gasteiger partial charge in [0.05, 0.1) is 13.2 Å². The van der Waals surface area contributed by atoms with Crippen molar-refractivity contribution in [3.05, 3.63) is 47.9 Å². The van der Waals surface area contributed by atoms with E-state index in [4.69, 9.17) is 4.74 Å². The number of sulfonamides is 1. The highest BCUT2D eigenvalue weighted by atomic mass is 32.2. The Morgan fingerprint density at radius 2 is 2.05 bits per heavy atom. The van der Waals surface area contributed by atoms with E-state index in [0.29, 0.717) is 0 Å². The summed E-state index contributed by atoms with van der Waals surface area (Å²) in [6.45, 7) is 0.167. The zero-order chi connectivity index (χ0) is 15.1. The maximum Gasteiger partial charge on any atom is 0.260 e. The highest BCUT2D eigenvalue weighted by Gasteiger charge is 2.46. The molecular formula is C13H14FN3O3S. The van der Waals surface area contributed by atoms with Crippen LogP contribution in [0.4, 0.5) is 4.39 Å². The predicted octanol–water partition coefficient (Wildman–Crippen LogP) is 0.763. The fourth-order valence-electron chi connectivity index (χ4n) is 2.27. The third-order valence-corrected chi connectivity index (χ3v) is 4.81. The van der Waals surface area contributed by atoms with Crippen molar-refractivity contribution in [1.82, 2.24) is 14.5 Å². The molecule has 0 unspecified atom stereocenters. The third kappa shape index (κ3) is 2.45. The van der Waals surface area contributed by atoms with Crippen LogP contribution in [0.2, 0.25) is 0 Å². The molecule has 0 radical (unpaired) electrons. The van der Waals surface area contributed by atoms with Crippen LogP contribution in [0.15, 0.2) is 41.6 Å². The molecule has 0 amide bonds. The molecule has 1 fully saturated rings. The van der Waals surface area contributed by atoms with Gasteiger partial charge in [0.2, 0.25) is 0 Å². The molecule has 1 aliphatic heterocycles. The summed E-state index contributed by atoms with van der Waals surface area (Å²) in [6, 6.07) is 7.45. The lowest BCUT2D eigenvalue weighted by Crippen LogP contribution is -2.59. The molecule has 0 atom stereocenters. The van der Waals surface area contributed by atoms with Crippen LogP contribution in [-0.2, 0) is 27.3 Å². The summed E-state index contributed by atoms with van der Waals surface area (Å²) >= 11 is 0. The lowest BCUT2D eigenvalue weighted by Gasteiger charge is -2.41. The molecule has 0 bridgehead atoms. The number of halogens is 1. The maximum absolute atomic E-state index is 14.0. The molecule has 1 saturated heterocycles. The van der Waals surface area contributed by atoms with Crippen LogP contribution >= 0.6 is 0 Å². The first-order chi connectivity index (χ1) is 9.93. The number of ether oxygens (including phenoxy) is 1. The molecule has 21 heavy (non-hydrogen) atoms. The normalized spacial score (nSPS) is 17.4. The van der Waals surface area contributed by atoms with Crippen molar-refractivity contribution in [2.45, 2.75) is 10.6 Å². The summed E-state index contributed by atoms with van der Waals surface area (Å²) in [5.74, 6) is -0.468. The first-order valence-electron chi connectivity index (χ1n) is 6.29. The largest absolute Gasteiger partial charge is 0.377 e. The Kier molecular flexibility index (Phi) is 3.31. The van der Waals surface area contributed by atoms with E-state index in [2.05, 4.69) is 9.82 Å². The Bertz CT molecular complexity index is 768. The quantitative estimate of drug-likeness (QED) is 0.905. The molecule has 1 N–H and O–H groups in total. The van der Waals surface area contributed by atoms with Crippen molar-refractivity contribution < 1.29 is 17.5 Å². The molecule has 8 heteroatoms. The van der Waals surface area contributed by atoms with Gasteiger partial charge in [-0.25, -0.2) is 12.8 Å². The van der Waals surface area contributed by atoms with Gasteiger partial charge in [0.15, 0.2) is 5.03 Å². The van der Waals surface area contributed by atoms with Crippen LogP contribution in [0.1, 0.15) is 5.56 Å². The number of hydrogen-bond acceptors (Lipinski definition) is 4. The summed E-state index contributed by atoms with van der Waals surface area (Å²) in [5.41, 5.74) is -0.808. The van der Waals surface area contributed by atoms with Crippen molar-refractivity contribution >= 4 is 10.0 Å². The average molecular weight is 311 g/mol. The number of rotatable bonds is 4. The highest BCUT2D eigenvalue weighted by Crippen LogP contribution is 2.32. The lowest BCUT2D eigenvalue weighted by atomic mass is 9.89. The first-order valence-corrected chi connectivity index (χ1v) is 7.78. The summed E-state index contributed by atoms with van der Waals surface area (Å²) in [7, 11) is -2.23. The van der Waals surface area contributed by atoms with Gasteiger partial charge in [0, 0.05) is 18.8 Å². The monoisotopic (exact) mass is 311 g/mol. The molecule has 112 valence electrons. The molecule has 0 saturated carbocycles. The summed E-state index contributed by atoms with van der Waals surface area (Å²) < 4.78 is 47.8. The van der Waals surface area contributed by atoms with Gasteiger partial charge < -0.3 is 4.74 Å². The molecule has 6 nitrogen and oxygen atoms in total. The summed E-state index contributed by atoms with van der Waals surface area (Å²) in [5, 5.41) is 3.77. The molecule has 0 spiro atoms. The zero-order valence-corrected chi connectivity index (χ0v) is 12.1. The van der Waals surface area contributed by atoms with Crippen LogP contribution in [-0.4, -0.2) is 31.4 Å². The minimum Gasteiger partial charge on any atom is -0.377 e. The number of hydrogen-bond donors (Lipinski definition) is 1. The Morgan fingerprint density at radius 1 is 1.33 bits per heavy atom. The van der Waals surface area contributed by atoms with E-state index >= 15 is 0 Å². The van der Waals surface area contributed by atoms with Crippen LogP contribution in [0.3, 0.4) is 0 Å². The Labute approximate surface area is 121 Å². The minimum absolute atomic E-state index is 0.0833. The second-order valence-electron chi connectivity index (χ2n) is 4.99. The lowest BCUT2D eigenvalue weighted by molar-refractivity contribution is -0.0680. The number of nitrogens with zero attached hydrogens (tertiary/aromatic N) is 2. The van der Waals surface area contributed by atoms with E-state index in [1.807, 2.05) is 0 Å². The summed E-state index contributed by atoms with van der Waals surface area (Å²) in [6.07, 6.45) is 1.53. The van der Waals surface area contributed by atoms with Gasteiger partial charge in [-0.3, -0.25) is 4.68 Å². The van der Waals surface area contributed by atoms with Gasteiger partial charge in [-0.15, -0.1) is 0 Å². The molecule has 3 rings (SSSR count). The second-order valence-corrected chi connectivity index (χ2v) is 6.62. The van der Waals surface area contributed by atoms with Crippen LogP contribution in [0.25, 0.3) is 0 Å². The Morgan fingerprint density at radius 3 is 2.57 bits per heavy atom.